The SMILES string of the molecule is O=S(=O)(NCc1ncon1)c1ccc(F)cc1Br. The monoisotopic (exact) mass is 335 g/mol. The third-order valence-electron chi connectivity index (χ3n) is 2.01. The van der Waals surface area contributed by atoms with Crippen molar-refractivity contribution in [1.82, 2.24) is 14.9 Å². The summed E-state index contributed by atoms with van der Waals surface area (Å²) in [6.07, 6.45) is 1.09. The lowest BCUT2D eigenvalue weighted by Gasteiger charge is -2.06. The summed E-state index contributed by atoms with van der Waals surface area (Å²) in [5.74, 6) is -0.323. The summed E-state index contributed by atoms with van der Waals surface area (Å²) in [5.41, 5.74) is 0. The Morgan fingerprint density at radius 1 is 1.44 bits per heavy atom. The number of hydrogen-bond donors (Lipinski definition) is 1. The highest BCUT2D eigenvalue weighted by atomic mass is 79.9. The molecule has 0 unspecified atom stereocenters. The molecule has 18 heavy (non-hydrogen) atoms. The largest absolute Gasteiger partial charge is 0.343 e. The van der Waals surface area contributed by atoms with Crippen LogP contribution in [0.5, 0.6) is 0 Å². The molecule has 0 aliphatic heterocycles. The van der Waals surface area contributed by atoms with Crippen LogP contribution < -0.4 is 4.72 Å². The molecule has 0 bridgehead atoms. The van der Waals surface area contributed by atoms with Gasteiger partial charge in [0.2, 0.25) is 16.4 Å². The van der Waals surface area contributed by atoms with Gasteiger partial charge in [0.25, 0.3) is 0 Å². The smallest absolute Gasteiger partial charge is 0.242 e. The second-order valence-corrected chi connectivity index (χ2v) is 5.84. The average molecular weight is 336 g/mol. The standard InChI is InChI=1S/C9H7BrFN3O3S/c10-7-3-6(11)1-2-8(7)18(15,16)13-4-9-12-5-17-14-9/h1-3,5,13H,4H2. The molecule has 96 valence electrons. The Labute approximate surface area is 110 Å². The van der Waals surface area contributed by atoms with E-state index in [1.165, 1.54) is 0 Å². The van der Waals surface area contributed by atoms with Gasteiger partial charge in [-0.15, -0.1) is 0 Å². The maximum absolute atomic E-state index is 12.9. The Morgan fingerprint density at radius 3 is 2.83 bits per heavy atom. The van der Waals surface area contributed by atoms with Crippen LogP contribution in [0.15, 0.2) is 38.5 Å². The van der Waals surface area contributed by atoms with Gasteiger partial charge in [0.1, 0.15) is 5.82 Å². The van der Waals surface area contributed by atoms with Crippen LogP contribution in [0.4, 0.5) is 4.39 Å². The maximum Gasteiger partial charge on any atom is 0.242 e. The molecule has 2 rings (SSSR count). The zero-order valence-corrected chi connectivity index (χ0v) is 11.2. The van der Waals surface area contributed by atoms with Gasteiger partial charge in [-0.05, 0) is 34.1 Å². The van der Waals surface area contributed by atoms with Gasteiger partial charge in [-0.1, -0.05) is 5.16 Å². The van der Waals surface area contributed by atoms with E-state index < -0.39 is 15.8 Å². The fraction of sp³-hybridized carbons (Fsp3) is 0.111. The van der Waals surface area contributed by atoms with E-state index >= 15 is 0 Å². The molecule has 9 heteroatoms. The zero-order valence-electron chi connectivity index (χ0n) is 8.80. The third kappa shape index (κ3) is 2.92. The van der Waals surface area contributed by atoms with E-state index in [9.17, 15) is 12.8 Å². The van der Waals surface area contributed by atoms with Crippen molar-refractivity contribution in [2.45, 2.75) is 11.4 Å². The maximum atomic E-state index is 12.9. The van der Waals surface area contributed by atoms with Crippen LogP contribution in [0.25, 0.3) is 0 Å². The van der Waals surface area contributed by atoms with E-state index in [-0.39, 0.29) is 21.7 Å². The summed E-state index contributed by atoms with van der Waals surface area (Å²) < 4.78 is 43.6. The minimum Gasteiger partial charge on any atom is -0.343 e. The van der Waals surface area contributed by atoms with Crippen LogP contribution in [0, 0.1) is 5.82 Å². The molecule has 0 saturated heterocycles. The molecule has 2 aromatic rings. The Bertz CT molecular complexity index is 645. The molecule has 0 radical (unpaired) electrons. The van der Waals surface area contributed by atoms with E-state index in [2.05, 4.69) is 35.3 Å². The number of halogens is 2. The molecule has 0 fully saturated rings. The van der Waals surface area contributed by atoms with Gasteiger partial charge >= 0.3 is 0 Å². The number of nitrogens with zero attached hydrogens (tertiary/aromatic N) is 2. The summed E-state index contributed by atoms with van der Waals surface area (Å²) in [7, 11) is -3.77. The fourth-order valence-electron chi connectivity index (χ4n) is 1.20. The molecule has 0 amide bonds. The second kappa shape index (κ2) is 5.12. The predicted octanol–water partition coefficient (Wildman–Crippen LogP) is 1.45. The molecule has 0 spiro atoms. The summed E-state index contributed by atoms with van der Waals surface area (Å²) in [6.45, 7) is -0.108. The number of aromatic nitrogens is 2. The number of nitrogens with one attached hydrogen (secondary N) is 1. The lowest BCUT2D eigenvalue weighted by Crippen LogP contribution is -2.24. The summed E-state index contributed by atoms with van der Waals surface area (Å²) >= 11 is 2.99. The van der Waals surface area contributed by atoms with Crippen molar-refractivity contribution in [3.8, 4) is 0 Å². The number of hydrogen-bond acceptors (Lipinski definition) is 5. The fourth-order valence-corrected chi connectivity index (χ4v) is 3.23. The minimum atomic E-state index is -3.77. The van der Waals surface area contributed by atoms with E-state index in [0.717, 1.165) is 24.6 Å². The van der Waals surface area contributed by atoms with Crippen molar-refractivity contribution in [3.05, 3.63) is 40.7 Å². The third-order valence-corrected chi connectivity index (χ3v) is 4.39. The predicted molar refractivity (Wildman–Crippen MR) is 62.4 cm³/mol. The molecule has 0 saturated carbocycles. The molecule has 1 heterocycles. The van der Waals surface area contributed by atoms with Crippen molar-refractivity contribution in [1.29, 1.82) is 0 Å². The Kier molecular flexibility index (Phi) is 3.73. The van der Waals surface area contributed by atoms with E-state index in [1.807, 2.05) is 0 Å². The molecular weight excluding hydrogens is 329 g/mol. The molecule has 1 aromatic carbocycles. The molecular formula is C9H7BrFN3O3S. The normalized spacial score (nSPS) is 11.7. The van der Waals surface area contributed by atoms with Crippen LogP contribution in [0.1, 0.15) is 5.82 Å². The number of benzene rings is 1. The van der Waals surface area contributed by atoms with E-state index in [4.69, 9.17) is 0 Å². The van der Waals surface area contributed by atoms with Crippen LogP contribution >= 0.6 is 15.9 Å². The van der Waals surface area contributed by atoms with Crippen LogP contribution in [-0.4, -0.2) is 18.6 Å². The summed E-state index contributed by atoms with van der Waals surface area (Å²) in [5, 5.41) is 3.46. The molecule has 0 aliphatic rings. The lowest BCUT2D eigenvalue weighted by molar-refractivity contribution is 0.409. The molecule has 6 nitrogen and oxygen atoms in total. The molecule has 0 atom stereocenters. The first-order valence-corrected chi connectivity index (χ1v) is 6.96. The Balaban J connectivity index is 2.20. The average Bonchev–Trinajstić information content (AvgIpc) is 2.78. The van der Waals surface area contributed by atoms with Gasteiger partial charge in [0.15, 0.2) is 5.82 Å². The quantitative estimate of drug-likeness (QED) is 0.913. The first-order chi connectivity index (χ1) is 8.49. The van der Waals surface area contributed by atoms with E-state index in [0.29, 0.717) is 0 Å². The van der Waals surface area contributed by atoms with Gasteiger partial charge in [0.05, 0.1) is 11.4 Å². The van der Waals surface area contributed by atoms with E-state index in [1.54, 1.807) is 0 Å². The first-order valence-electron chi connectivity index (χ1n) is 4.69. The van der Waals surface area contributed by atoms with Gasteiger partial charge in [-0.3, -0.25) is 0 Å². The lowest BCUT2D eigenvalue weighted by atomic mass is 10.3. The summed E-state index contributed by atoms with van der Waals surface area (Å²) in [6, 6.07) is 3.30. The Morgan fingerprint density at radius 2 is 2.22 bits per heavy atom. The molecule has 0 aliphatic carbocycles. The number of rotatable bonds is 4. The highest BCUT2D eigenvalue weighted by Gasteiger charge is 2.18. The highest BCUT2D eigenvalue weighted by Crippen LogP contribution is 2.22. The van der Waals surface area contributed by atoms with Crippen LogP contribution in [-0.2, 0) is 16.6 Å². The zero-order chi connectivity index (χ0) is 13.2. The van der Waals surface area contributed by atoms with Crippen molar-refractivity contribution in [2.75, 3.05) is 0 Å². The van der Waals surface area contributed by atoms with Crippen molar-refractivity contribution in [2.24, 2.45) is 0 Å². The highest BCUT2D eigenvalue weighted by molar-refractivity contribution is 9.10. The molecule has 1 N–H and O–H groups in total. The van der Waals surface area contributed by atoms with Crippen molar-refractivity contribution in [3.63, 3.8) is 0 Å². The topological polar surface area (TPSA) is 85.1 Å². The number of sulfonamides is 1. The van der Waals surface area contributed by atoms with Crippen LogP contribution in [0.2, 0.25) is 0 Å². The second-order valence-electron chi connectivity index (χ2n) is 3.25. The molecule has 1 aromatic heterocycles. The van der Waals surface area contributed by atoms with Crippen LogP contribution in [0.3, 0.4) is 0 Å². The Hall–Kier alpha value is -1.32. The van der Waals surface area contributed by atoms with Gasteiger partial charge in [0, 0.05) is 4.47 Å². The summed E-state index contributed by atoms with van der Waals surface area (Å²) in [4.78, 5) is 3.61. The van der Waals surface area contributed by atoms with Crippen molar-refractivity contribution >= 4 is 26.0 Å². The first kappa shape index (κ1) is 13.1. The van der Waals surface area contributed by atoms with Gasteiger partial charge in [-0.25, -0.2) is 17.5 Å². The minimum absolute atomic E-state index is 0.0626. The van der Waals surface area contributed by atoms with Gasteiger partial charge in [-0.2, -0.15) is 4.98 Å². The van der Waals surface area contributed by atoms with Crippen molar-refractivity contribution < 1.29 is 17.3 Å². The van der Waals surface area contributed by atoms with Gasteiger partial charge < -0.3 is 4.52 Å².